The van der Waals surface area contributed by atoms with E-state index in [2.05, 4.69) is 22.5 Å². The van der Waals surface area contributed by atoms with Gasteiger partial charge in [-0.2, -0.15) is 0 Å². The minimum atomic E-state index is -3.11. The summed E-state index contributed by atoms with van der Waals surface area (Å²) in [5.41, 5.74) is 0.147. The molecule has 0 aliphatic carbocycles. The summed E-state index contributed by atoms with van der Waals surface area (Å²) in [6.45, 7) is 4.21. The van der Waals surface area contributed by atoms with Gasteiger partial charge in [0.05, 0.1) is 29.5 Å². The smallest absolute Gasteiger partial charge is 0.234 e. The molecule has 0 bridgehead atoms. The lowest BCUT2D eigenvalue weighted by Gasteiger charge is -2.39. The number of hydrogen-bond acceptors (Lipinski definition) is 5. The molecule has 2 N–H and O–H groups in total. The van der Waals surface area contributed by atoms with E-state index in [4.69, 9.17) is 11.6 Å². The van der Waals surface area contributed by atoms with E-state index in [0.717, 1.165) is 25.9 Å². The fourth-order valence-electron chi connectivity index (χ4n) is 2.85. The topological polar surface area (TPSA) is 78.5 Å². The van der Waals surface area contributed by atoms with Crippen molar-refractivity contribution in [3.8, 4) is 0 Å². The van der Waals surface area contributed by atoms with Crippen molar-refractivity contribution in [2.45, 2.75) is 36.7 Å². The second-order valence-corrected chi connectivity index (χ2v) is 9.07. The predicted octanol–water partition coefficient (Wildman–Crippen LogP) is -0.419. The summed E-state index contributed by atoms with van der Waals surface area (Å²) in [5.74, 6) is -0.245. The average Bonchev–Trinajstić information content (AvgIpc) is 2.65. The summed E-state index contributed by atoms with van der Waals surface area (Å²) < 4.78 is 22.9. The minimum Gasteiger partial charge on any atom is -0.350 e. The molecule has 0 aromatic heterocycles. The summed E-state index contributed by atoms with van der Waals surface area (Å²) in [6, 6.07) is -0.462. The molecule has 1 amide bonds. The van der Waals surface area contributed by atoms with Crippen LogP contribution in [0.3, 0.4) is 0 Å². The molecule has 21 heavy (non-hydrogen) atoms. The number of nitrogens with one attached hydrogen (secondary N) is 2. The number of carbonyl (C=O) groups excluding carboxylic acids is 1. The molecule has 0 spiro atoms. The van der Waals surface area contributed by atoms with Gasteiger partial charge < -0.3 is 10.6 Å². The number of nitrogens with zero attached hydrogens (tertiary/aromatic N) is 1. The van der Waals surface area contributed by atoms with Crippen LogP contribution >= 0.6 is 11.6 Å². The van der Waals surface area contributed by atoms with E-state index in [1.54, 1.807) is 0 Å². The van der Waals surface area contributed by atoms with Gasteiger partial charge in [0.15, 0.2) is 9.84 Å². The third kappa shape index (κ3) is 4.55. The lowest BCUT2D eigenvalue weighted by atomic mass is 9.90. The van der Waals surface area contributed by atoms with Crippen LogP contribution in [0.5, 0.6) is 0 Å². The minimum absolute atomic E-state index is 0.0509. The van der Waals surface area contributed by atoms with Crippen LogP contribution in [0, 0.1) is 0 Å². The molecule has 2 aliphatic heterocycles. The molecule has 2 fully saturated rings. The van der Waals surface area contributed by atoms with Gasteiger partial charge in [-0.15, -0.1) is 11.6 Å². The maximum Gasteiger partial charge on any atom is 0.234 e. The largest absolute Gasteiger partial charge is 0.350 e. The molecular weight excluding hydrogens is 314 g/mol. The van der Waals surface area contributed by atoms with Crippen LogP contribution in [0.4, 0.5) is 0 Å². The number of halogens is 1. The Morgan fingerprint density at radius 2 is 1.95 bits per heavy atom. The molecule has 0 aromatic carbocycles. The van der Waals surface area contributed by atoms with Crippen molar-refractivity contribution < 1.29 is 13.2 Å². The highest BCUT2D eigenvalue weighted by Gasteiger charge is 2.37. The molecular formula is C13H24ClN3O3S. The van der Waals surface area contributed by atoms with Crippen molar-refractivity contribution in [2.75, 3.05) is 38.2 Å². The Labute approximate surface area is 131 Å². The zero-order valence-electron chi connectivity index (χ0n) is 12.6. The van der Waals surface area contributed by atoms with Crippen LogP contribution in [0.1, 0.15) is 19.8 Å². The molecule has 8 heteroatoms. The number of sulfone groups is 1. The third-order valence-corrected chi connectivity index (χ3v) is 6.94. The highest BCUT2D eigenvalue weighted by atomic mass is 35.5. The van der Waals surface area contributed by atoms with Crippen LogP contribution in [0.25, 0.3) is 0 Å². The Morgan fingerprint density at radius 3 is 2.43 bits per heavy atom. The summed E-state index contributed by atoms with van der Waals surface area (Å²) >= 11 is 5.99. The van der Waals surface area contributed by atoms with Crippen molar-refractivity contribution in [2.24, 2.45) is 0 Å². The lowest BCUT2D eigenvalue weighted by Crippen LogP contribution is -2.52. The quantitative estimate of drug-likeness (QED) is 0.681. The van der Waals surface area contributed by atoms with Crippen molar-refractivity contribution in [1.29, 1.82) is 0 Å². The van der Waals surface area contributed by atoms with Crippen LogP contribution in [-0.4, -0.2) is 74.4 Å². The van der Waals surface area contributed by atoms with E-state index in [0.29, 0.717) is 6.54 Å². The van der Waals surface area contributed by atoms with Gasteiger partial charge in [-0.25, -0.2) is 8.42 Å². The van der Waals surface area contributed by atoms with Gasteiger partial charge >= 0.3 is 0 Å². The summed E-state index contributed by atoms with van der Waals surface area (Å²) in [6.07, 6.45) is 1.99. The van der Waals surface area contributed by atoms with Gasteiger partial charge in [0.2, 0.25) is 5.91 Å². The molecule has 2 rings (SSSR count). The SMILES string of the molecule is CNC1(C)CCN(CC(=O)NC2CS(=O)(=O)CC2Cl)CC1. The van der Waals surface area contributed by atoms with Gasteiger partial charge in [-0.05, 0) is 26.8 Å². The first-order valence-corrected chi connectivity index (χ1v) is 9.54. The number of amides is 1. The lowest BCUT2D eigenvalue weighted by molar-refractivity contribution is -0.123. The first-order valence-electron chi connectivity index (χ1n) is 7.28. The molecule has 122 valence electrons. The molecule has 0 saturated carbocycles. The monoisotopic (exact) mass is 337 g/mol. The van der Waals surface area contributed by atoms with E-state index in [1.165, 1.54) is 0 Å². The fourth-order valence-corrected chi connectivity index (χ4v) is 5.40. The molecule has 2 atom stereocenters. The van der Waals surface area contributed by atoms with E-state index in [1.807, 2.05) is 7.05 Å². The standard InChI is InChI=1S/C13H24ClN3O3S/c1-13(15-2)3-5-17(6-4-13)7-12(18)16-11-9-21(19,20)8-10(11)14/h10-11,15H,3-9H2,1-2H3,(H,16,18). The molecule has 0 aromatic rings. The molecule has 6 nitrogen and oxygen atoms in total. The maximum absolute atomic E-state index is 12.0. The van der Waals surface area contributed by atoms with Crippen LogP contribution in [0.15, 0.2) is 0 Å². The second-order valence-electron chi connectivity index (χ2n) is 6.35. The highest BCUT2D eigenvalue weighted by Crippen LogP contribution is 2.21. The molecule has 2 unspecified atom stereocenters. The Bertz CT molecular complexity index is 489. The Kier molecular flexibility index (Phi) is 5.18. The predicted molar refractivity (Wildman–Crippen MR) is 83.4 cm³/mol. The highest BCUT2D eigenvalue weighted by molar-refractivity contribution is 7.91. The number of likely N-dealkylation sites (tertiary alicyclic amines) is 1. The second kappa shape index (κ2) is 6.40. The van der Waals surface area contributed by atoms with Crippen molar-refractivity contribution in [3.05, 3.63) is 0 Å². The van der Waals surface area contributed by atoms with Crippen molar-refractivity contribution >= 4 is 27.3 Å². The fraction of sp³-hybridized carbons (Fsp3) is 0.923. The molecule has 0 radical (unpaired) electrons. The van der Waals surface area contributed by atoms with Gasteiger partial charge in [-0.3, -0.25) is 9.69 Å². The number of hydrogen-bond donors (Lipinski definition) is 2. The van der Waals surface area contributed by atoms with Gasteiger partial charge in [0, 0.05) is 18.6 Å². The van der Waals surface area contributed by atoms with Gasteiger partial charge in [-0.1, -0.05) is 0 Å². The first-order chi connectivity index (χ1) is 9.73. The van der Waals surface area contributed by atoms with E-state index in [9.17, 15) is 13.2 Å². The molecule has 2 saturated heterocycles. The Balaban J connectivity index is 1.78. The normalized spacial score (nSPS) is 32.0. The Hall–Kier alpha value is -0.370. The van der Waals surface area contributed by atoms with Crippen LogP contribution in [-0.2, 0) is 14.6 Å². The summed E-state index contributed by atoms with van der Waals surface area (Å²) in [7, 11) is -1.15. The van der Waals surface area contributed by atoms with Crippen molar-refractivity contribution in [3.63, 3.8) is 0 Å². The molecule has 2 aliphatic rings. The van der Waals surface area contributed by atoms with E-state index < -0.39 is 21.3 Å². The number of carbonyl (C=O) groups is 1. The number of rotatable bonds is 4. The zero-order valence-corrected chi connectivity index (χ0v) is 14.1. The summed E-state index contributed by atoms with van der Waals surface area (Å²) in [5, 5.41) is 5.55. The maximum atomic E-state index is 12.0. The van der Waals surface area contributed by atoms with Crippen LogP contribution in [0.2, 0.25) is 0 Å². The summed E-state index contributed by atoms with van der Waals surface area (Å²) in [4.78, 5) is 14.1. The van der Waals surface area contributed by atoms with Gasteiger partial charge in [0.25, 0.3) is 0 Å². The van der Waals surface area contributed by atoms with E-state index >= 15 is 0 Å². The van der Waals surface area contributed by atoms with Crippen LogP contribution < -0.4 is 10.6 Å². The third-order valence-electron chi connectivity index (χ3n) is 4.56. The average molecular weight is 338 g/mol. The van der Waals surface area contributed by atoms with E-state index in [-0.39, 0.29) is 23.0 Å². The number of piperidine rings is 1. The number of alkyl halides is 1. The zero-order chi connectivity index (χ0) is 15.7. The van der Waals surface area contributed by atoms with Crippen molar-refractivity contribution in [1.82, 2.24) is 15.5 Å². The molecule has 2 heterocycles. The first kappa shape index (κ1) is 17.0. The van der Waals surface area contributed by atoms with Gasteiger partial charge in [0.1, 0.15) is 0 Å². The Morgan fingerprint density at radius 1 is 1.33 bits per heavy atom.